The van der Waals surface area contributed by atoms with E-state index in [1.165, 1.54) is 9.75 Å². The number of hydrogen-bond donors (Lipinski definition) is 1. The number of rotatable bonds is 4. The molecule has 0 aliphatic rings. The van der Waals surface area contributed by atoms with Gasteiger partial charge in [0.25, 0.3) is 0 Å². The van der Waals surface area contributed by atoms with Crippen molar-refractivity contribution in [3.8, 4) is 0 Å². The summed E-state index contributed by atoms with van der Waals surface area (Å²) in [5.41, 5.74) is 1.01. The van der Waals surface area contributed by atoms with E-state index in [0.717, 1.165) is 5.56 Å². The minimum Gasteiger partial charge on any atom is -0.386 e. The molecule has 1 atom stereocenters. The van der Waals surface area contributed by atoms with Gasteiger partial charge in [-0.3, -0.25) is 0 Å². The molecule has 74 valence electrons. The van der Waals surface area contributed by atoms with Gasteiger partial charge in [0, 0.05) is 16.4 Å². The molecule has 0 spiro atoms. The first kappa shape index (κ1) is 10.7. The van der Waals surface area contributed by atoms with E-state index in [-0.39, 0.29) is 0 Å². The molecule has 2 nitrogen and oxygen atoms in total. The zero-order chi connectivity index (χ0) is 9.84. The minimum atomic E-state index is -0.468. The van der Waals surface area contributed by atoms with E-state index in [2.05, 4.69) is 6.92 Å². The maximum atomic E-state index is 9.73. The van der Waals surface area contributed by atoms with Gasteiger partial charge >= 0.3 is 0 Å². The van der Waals surface area contributed by atoms with E-state index in [1.807, 2.05) is 19.9 Å². The van der Waals surface area contributed by atoms with Gasteiger partial charge < -0.3 is 9.84 Å². The van der Waals surface area contributed by atoms with Crippen LogP contribution < -0.4 is 0 Å². The van der Waals surface area contributed by atoms with Crippen molar-refractivity contribution >= 4 is 11.3 Å². The van der Waals surface area contributed by atoms with Gasteiger partial charge in [0.15, 0.2) is 0 Å². The van der Waals surface area contributed by atoms with Crippen LogP contribution >= 0.6 is 11.3 Å². The van der Waals surface area contributed by atoms with E-state index >= 15 is 0 Å². The standard InChI is InChI=1S/C10H16O2S/c1-4-12-6-10(11)9-5-7(2)13-8(9)3/h5,10-11H,4,6H2,1-3H3. The highest BCUT2D eigenvalue weighted by Crippen LogP contribution is 2.26. The molecule has 0 bridgehead atoms. The monoisotopic (exact) mass is 200 g/mol. The molecule has 0 aromatic carbocycles. The Morgan fingerprint density at radius 1 is 1.54 bits per heavy atom. The van der Waals surface area contributed by atoms with Crippen molar-refractivity contribution in [2.45, 2.75) is 26.9 Å². The fraction of sp³-hybridized carbons (Fsp3) is 0.600. The molecule has 0 saturated carbocycles. The first-order valence-corrected chi connectivity index (χ1v) is 5.29. The van der Waals surface area contributed by atoms with Crippen LogP contribution in [0.5, 0.6) is 0 Å². The second-order valence-electron chi connectivity index (χ2n) is 3.04. The Bertz CT molecular complexity index is 268. The van der Waals surface area contributed by atoms with Crippen molar-refractivity contribution in [3.63, 3.8) is 0 Å². The second-order valence-corrected chi connectivity index (χ2v) is 4.50. The summed E-state index contributed by atoms with van der Waals surface area (Å²) in [6.45, 7) is 7.06. The highest BCUT2D eigenvalue weighted by molar-refractivity contribution is 7.12. The molecule has 1 N–H and O–H groups in total. The Morgan fingerprint density at radius 2 is 2.23 bits per heavy atom. The molecule has 1 aromatic rings. The summed E-state index contributed by atoms with van der Waals surface area (Å²) in [7, 11) is 0. The largest absolute Gasteiger partial charge is 0.386 e. The van der Waals surface area contributed by atoms with E-state index in [1.54, 1.807) is 11.3 Å². The number of thiophene rings is 1. The third kappa shape index (κ3) is 2.79. The zero-order valence-electron chi connectivity index (χ0n) is 8.33. The van der Waals surface area contributed by atoms with Crippen molar-refractivity contribution in [2.24, 2.45) is 0 Å². The van der Waals surface area contributed by atoms with Gasteiger partial charge in [-0.05, 0) is 32.4 Å². The van der Waals surface area contributed by atoms with Crippen LogP contribution in [0.15, 0.2) is 6.07 Å². The molecule has 1 unspecified atom stereocenters. The molecule has 1 heterocycles. The van der Waals surface area contributed by atoms with Crippen LogP contribution in [0.3, 0.4) is 0 Å². The van der Waals surface area contributed by atoms with E-state index in [0.29, 0.717) is 13.2 Å². The van der Waals surface area contributed by atoms with Crippen molar-refractivity contribution in [3.05, 3.63) is 21.4 Å². The Balaban J connectivity index is 2.64. The van der Waals surface area contributed by atoms with E-state index in [4.69, 9.17) is 4.74 Å². The fourth-order valence-corrected chi connectivity index (χ4v) is 2.28. The van der Waals surface area contributed by atoms with Crippen LogP contribution in [0.4, 0.5) is 0 Å². The topological polar surface area (TPSA) is 29.5 Å². The van der Waals surface area contributed by atoms with Crippen LogP contribution in [0.1, 0.15) is 28.3 Å². The van der Waals surface area contributed by atoms with Gasteiger partial charge in [-0.2, -0.15) is 0 Å². The van der Waals surface area contributed by atoms with Crippen molar-refractivity contribution in [1.29, 1.82) is 0 Å². The molecule has 0 aliphatic heterocycles. The smallest absolute Gasteiger partial charge is 0.103 e. The molecule has 0 fully saturated rings. The molecule has 0 amide bonds. The van der Waals surface area contributed by atoms with Crippen molar-refractivity contribution in [2.75, 3.05) is 13.2 Å². The lowest BCUT2D eigenvalue weighted by atomic mass is 10.1. The van der Waals surface area contributed by atoms with Gasteiger partial charge in [-0.1, -0.05) is 0 Å². The highest BCUT2D eigenvalue weighted by atomic mass is 32.1. The number of aliphatic hydroxyl groups is 1. The van der Waals surface area contributed by atoms with Crippen molar-refractivity contribution in [1.82, 2.24) is 0 Å². The number of ether oxygens (including phenoxy) is 1. The second kappa shape index (κ2) is 4.74. The van der Waals surface area contributed by atoms with Gasteiger partial charge in [0.2, 0.25) is 0 Å². The molecule has 3 heteroatoms. The van der Waals surface area contributed by atoms with Crippen LogP contribution in [-0.2, 0) is 4.74 Å². The van der Waals surface area contributed by atoms with Crippen LogP contribution in [-0.4, -0.2) is 18.3 Å². The predicted octanol–water partition coefficient (Wildman–Crippen LogP) is 2.43. The molecule has 0 radical (unpaired) electrons. The zero-order valence-corrected chi connectivity index (χ0v) is 9.15. The van der Waals surface area contributed by atoms with Crippen molar-refractivity contribution < 1.29 is 9.84 Å². The lowest BCUT2D eigenvalue weighted by molar-refractivity contribution is 0.0419. The summed E-state index contributed by atoms with van der Waals surface area (Å²) in [6.07, 6.45) is -0.468. The van der Waals surface area contributed by atoms with Gasteiger partial charge in [0.05, 0.1) is 6.61 Å². The summed E-state index contributed by atoms with van der Waals surface area (Å²) >= 11 is 1.72. The molecular formula is C10H16O2S. The third-order valence-electron chi connectivity index (χ3n) is 1.92. The predicted molar refractivity (Wildman–Crippen MR) is 55.2 cm³/mol. The third-order valence-corrected chi connectivity index (χ3v) is 2.90. The Kier molecular flexibility index (Phi) is 3.90. The average molecular weight is 200 g/mol. The van der Waals surface area contributed by atoms with Crippen LogP contribution in [0.25, 0.3) is 0 Å². The summed E-state index contributed by atoms with van der Waals surface area (Å²) in [4.78, 5) is 2.42. The quantitative estimate of drug-likeness (QED) is 0.809. The normalized spacial score (nSPS) is 13.2. The molecule has 0 saturated heterocycles. The summed E-state index contributed by atoms with van der Waals surface area (Å²) in [5.74, 6) is 0. The Morgan fingerprint density at radius 3 is 2.69 bits per heavy atom. The highest BCUT2D eigenvalue weighted by Gasteiger charge is 2.12. The first-order chi connectivity index (χ1) is 6.15. The Labute approximate surface area is 83.2 Å². The first-order valence-electron chi connectivity index (χ1n) is 4.48. The number of hydrogen-bond acceptors (Lipinski definition) is 3. The lowest BCUT2D eigenvalue weighted by Gasteiger charge is -2.09. The summed E-state index contributed by atoms with van der Waals surface area (Å²) in [6, 6.07) is 2.03. The summed E-state index contributed by atoms with van der Waals surface area (Å²) < 4.78 is 5.17. The number of aliphatic hydroxyl groups excluding tert-OH is 1. The maximum Gasteiger partial charge on any atom is 0.103 e. The number of aryl methyl sites for hydroxylation is 2. The van der Waals surface area contributed by atoms with Gasteiger partial charge in [-0.25, -0.2) is 0 Å². The van der Waals surface area contributed by atoms with E-state index in [9.17, 15) is 5.11 Å². The fourth-order valence-electron chi connectivity index (χ4n) is 1.30. The maximum absolute atomic E-state index is 9.73. The molecule has 1 aromatic heterocycles. The molecule has 0 aliphatic carbocycles. The molecule has 1 rings (SSSR count). The van der Waals surface area contributed by atoms with E-state index < -0.39 is 6.10 Å². The minimum absolute atomic E-state index is 0.396. The summed E-state index contributed by atoms with van der Waals surface area (Å²) in [5, 5.41) is 9.73. The lowest BCUT2D eigenvalue weighted by Crippen LogP contribution is -2.06. The van der Waals surface area contributed by atoms with Crippen LogP contribution in [0.2, 0.25) is 0 Å². The molecular weight excluding hydrogens is 184 g/mol. The Hall–Kier alpha value is -0.380. The average Bonchev–Trinajstić information content (AvgIpc) is 2.41. The van der Waals surface area contributed by atoms with Gasteiger partial charge in [-0.15, -0.1) is 11.3 Å². The van der Waals surface area contributed by atoms with Crippen LogP contribution in [0, 0.1) is 13.8 Å². The van der Waals surface area contributed by atoms with Gasteiger partial charge in [0.1, 0.15) is 6.10 Å². The SMILES string of the molecule is CCOCC(O)c1cc(C)sc1C. The molecule has 13 heavy (non-hydrogen) atoms.